The van der Waals surface area contributed by atoms with Crippen LogP contribution in [0.2, 0.25) is 0 Å². The molecule has 186 valence electrons. The Kier molecular flexibility index (Phi) is 8.27. The van der Waals surface area contributed by atoms with Crippen LogP contribution in [0.25, 0.3) is 11.3 Å². The molecule has 0 spiro atoms. The minimum absolute atomic E-state index is 0.0363. The summed E-state index contributed by atoms with van der Waals surface area (Å²) >= 11 is 0. The molecule has 3 aromatic rings. The van der Waals surface area contributed by atoms with Gasteiger partial charge in [0.05, 0.1) is 5.69 Å². The second-order valence-electron chi connectivity index (χ2n) is 8.77. The second-order valence-corrected chi connectivity index (χ2v) is 8.77. The Labute approximate surface area is 205 Å². The Hall–Kier alpha value is -3.68. The molecule has 7 nitrogen and oxygen atoms in total. The van der Waals surface area contributed by atoms with E-state index in [1.807, 2.05) is 20.8 Å². The van der Waals surface area contributed by atoms with Crippen LogP contribution in [0.4, 0.5) is 4.39 Å². The summed E-state index contributed by atoms with van der Waals surface area (Å²) in [4.78, 5) is 26.0. The number of likely N-dealkylation sites (N-methyl/N-ethyl adjacent to an activating group) is 1. The number of alkyl halides is 1. The highest BCUT2D eigenvalue weighted by atomic mass is 19.1. The number of benzene rings is 2. The smallest absolute Gasteiger partial charge is 0.243 e. The summed E-state index contributed by atoms with van der Waals surface area (Å²) < 4.78 is 26.7. The van der Waals surface area contributed by atoms with E-state index in [4.69, 9.17) is 9.47 Å². The monoisotopic (exact) mass is 481 g/mol. The number of nitrogens with zero attached hydrogens (tertiary/aromatic N) is 3. The summed E-state index contributed by atoms with van der Waals surface area (Å²) in [6, 6.07) is 12.0. The molecule has 0 saturated carbocycles. The highest BCUT2D eigenvalue weighted by molar-refractivity contribution is 5.97. The fourth-order valence-corrected chi connectivity index (χ4v) is 3.48. The van der Waals surface area contributed by atoms with Gasteiger partial charge in [-0.25, -0.2) is 4.39 Å². The molecule has 1 aromatic heterocycles. The number of rotatable bonds is 10. The number of Topliss-reactive ketones (excluding diaryl/α,β-unsaturated/α-hetero) is 1. The van der Waals surface area contributed by atoms with E-state index in [1.54, 1.807) is 67.4 Å². The van der Waals surface area contributed by atoms with Crippen molar-refractivity contribution in [3.63, 3.8) is 0 Å². The Morgan fingerprint density at radius 1 is 1.09 bits per heavy atom. The predicted molar refractivity (Wildman–Crippen MR) is 133 cm³/mol. The second kappa shape index (κ2) is 11.2. The quantitative estimate of drug-likeness (QED) is 0.349. The summed E-state index contributed by atoms with van der Waals surface area (Å²) in [5.41, 5.74) is 2.55. The van der Waals surface area contributed by atoms with Crippen LogP contribution in [0.15, 0.2) is 48.7 Å². The van der Waals surface area contributed by atoms with Crippen molar-refractivity contribution in [1.82, 2.24) is 14.7 Å². The Morgan fingerprint density at radius 3 is 2.34 bits per heavy atom. The highest BCUT2D eigenvalue weighted by Gasteiger charge is 2.18. The number of carbonyl (C=O) groups excluding carboxylic acids is 2. The van der Waals surface area contributed by atoms with Gasteiger partial charge in [-0.2, -0.15) is 5.10 Å². The normalized spacial score (nSPS) is 12.7. The van der Waals surface area contributed by atoms with Gasteiger partial charge >= 0.3 is 0 Å². The van der Waals surface area contributed by atoms with Crippen LogP contribution >= 0.6 is 0 Å². The van der Waals surface area contributed by atoms with Gasteiger partial charge in [0.15, 0.2) is 5.78 Å². The van der Waals surface area contributed by atoms with E-state index in [-0.39, 0.29) is 24.2 Å². The molecule has 0 fully saturated rings. The molecule has 2 aromatic carbocycles. The molecule has 8 heteroatoms. The molecule has 1 heterocycles. The summed E-state index contributed by atoms with van der Waals surface area (Å²) in [6.45, 7) is 7.15. The van der Waals surface area contributed by atoms with Gasteiger partial charge in [-0.3, -0.25) is 14.3 Å². The lowest BCUT2D eigenvalue weighted by Crippen LogP contribution is -2.26. The fraction of sp³-hybridized carbons (Fsp3) is 0.370. The zero-order valence-corrected chi connectivity index (χ0v) is 21.0. The van der Waals surface area contributed by atoms with Crippen molar-refractivity contribution >= 4 is 11.7 Å². The first-order chi connectivity index (χ1) is 16.6. The van der Waals surface area contributed by atoms with Gasteiger partial charge < -0.3 is 14.4 Å². The number of carbonyl (C=O) groups is 2. The molecule has 0 saturated heterocycles. The third-order valence-electron chi connectivity index (χ3n) is 5.67. The summed E-state index contributed by atoms with van der Waals surface area (Å²) in [5.74, 6) is 1.34. The largest absolute Gasteiger partial charge is 0.460 e. The van der Waals surface area contributed by atoms with Crippen molar-refractivity contribution in [3.8, 4) is 28.5 Å². The number of halogens is 1. The number of amides is 1. The minimum Gasteiger partial charge on any atom is -0.460 e. The first kappa shape index (κ1) is 25.9. The van der Waals surface area contributed by atoms with Crippen molar-refractivity contribution in [3.05, 3.63) is 59.8 Å². The van der Waals surface area contributed by atoms with Crippen LogP contribution in [0.5, 0.6) is 17.2 Å². The molecular formula is C27H32FN3O4. The molecular weight excluding hydrogens is 449 g/mol. The van der Waals surface area contributed by atoms with Gasteiger partial charge in [-0.1, -0.05) is 13.8 Å². The lowest BCUT2D eigenvalue weighted by Gasteiger charge is -2.14. The minimum atomic E-state index is -1.52. The van der Waals surface area contributed by atoms with Crippen molar-refractivity contribution < 1.29 is 23.5 Å². The number of hydrogen-bond donors (Lipinski definition) is 0. The summed E-state index contributed by atoms with van der Waals surface area (Å²) in [7, 11) is 3.36. The average Bonchev–Trinajstić information content (AvgIpc) is 3.18. The maximum absolute atomic E-state index is 13.7. The van der Waals surface area contributed by atoms with Crippen LogP contribution in [0, 0.1) is 12.8 Å². The van der Waals surface area contributed by atoms with Gasteiger partial charge in [0, 0.05) is 44.3 Å². The number of aromatic nitrogens is 2. The SMILES string of the molecule is CCC(C)C(=O)c1ccc(Oc2ccc(OC(C)F)c(-c3nn(CC(=O)N(C)C)cc3C)c2)cc1. The van der Waals surface area contributed by atoms with Crippen LogP contribution < -0.4 is 9.47 Å². The molecule has 0 radical (unpaired) electrons. The topological polar surface area (TPSA) is 73.7 Å². The van der Waals surface area contributed by atoms with Gasteiger partial charge in [0.25, 0.3) is 0 Å². The maximum atomic E-state index is 13.7. The zero-order chi connectivity index (χ0) is 25.7. The lowest BCUT2D eigenvalue weighted by atomic mass is 9.97. The zero-order valence-electron chi connectivity index (χ0n) is 21.0. The van der Waals surface area contributed by atoms with Gasteiger partial charge in [-0.05, 0) is 61.4 Å². The van der Waals surface area contributed by atoms with Gasteiger partial charge in [-0.15, -0.1) is 0 Å². The van der Waals surface area contributed by atoms with Crippen LogP contribution in [0.1, 0.15) is 43.1 Å². The van der Waals surface area contributed by atoms with Gasteiger partial charge in [0.2, 0.25) is 12.3 Å². The lowest BCUT2D eigenvalue weighted by molar-refractivity contribution is -0.129. The molecule has 0 aliphatic heterocycles. The van der Waals surface area contributed by atoms with E-state index in [0.29, 0.717) is 34.1 Å². The van der Waals surface area contributed by atoms with E-state index in [2.05, 4.69) is 5.10 Å². The van der Waals surface area contributed by atoms with E-state index in [9.17, 15) is 14.0 Å². The predicted octanol–water partition coefficient (Wildman–Crippen LogP) is 5.66. The fourth-order valence-electron chi connectivity index (χ4n) is 3.48. The molecule has 1 amide bonds. The summed E-state index contributed by atoms with van der Waals surface area (Å²) in [6.07, 6.45) is 1.03. The van der Waals surface area contributed by atoms with E-state index in [0.717, 1.165) is 12.0 Å². The van der Waals surface area contributed by atoms with Crippen molar-refractivity contribution in [2.24, 2.45) is 5.92 Å². The molecule has 0 aliphatic rings. The average molecular weight is 482 g/mol. The van der Waals surface area contributed by atoms with Crippen molar-refractivity contribution in [1.29, 1.82) is 0 Å². The molecule has 0 aliphatic carbocycles. The molecule has 3 rings (SSSR count). The molecule has 0 N–H and O–H groups in total. The molecule has 2 atom stereocenters. The number of ketones is 1. The van der Waals surface area contributed by atoms with E-state index >= 15 is 0 Å². The number of ether oxygens (including phenoxy) is 2. The Balaban J connectivity index is 1.90. The van der Waals surface area contributed by atoms with Crippen molar-refractivity contribution in [2.45, 2.75) is 47.0 Å². The van der Waals surface area contributed by atoms with Crippen molar-refractivity contribution in [2.75, 3.05) is 14.1 Å². The van der Waals surface area contributed by atoms with Crippen LogP contribution in [-0.4, -0.2) is 46.8 Å². The maximum Gasteiger partial charge on any atom is 0.243 e. The number of aryl methyl sites for hydroxylation is 1. The van der Waals surface area contributed by atoms with E-state index < -0.39 is 6.36 Å². The summed E-state index contributed by atoms with van der Waals surface area (Å²) in [5, 5.41) is 4.55. The Bertz CT molecular complexity index is 1190. The van der Waals surface area contributed by atoms with Crippen LogP contribution in [-0.2, 0) is 11.3 Å². The third kappa shape index (κ3) is 6.47. The first-order valence-corrected chi connectivity index (χ1v) is 11.6. The molecule has 35 heavy (non-hydrogen) atoms. The Morgan fingerprint density at radius 2 is 1.74 bits per heavy atom. The standard InChI is InChI=1S/C27H32FN3O4/c1-7-17(2)27(33)20-8-10-21(11-9-20)35-22-12-13-24(34-19(4)28)23(14-22)26-18(3)15-31(29-26)16-25(32)30(5)6/h8-15,17,19H,7,16H2,1-6H3. The number of hydrogen-bond acceptors (Lipinski definition) is 5. The van der Waals surface area contributed by atoms with Crippen LogP contribution in [0.3, 0.4) is 0 Å². The highest BCUT2D eigenvalue weighted by Crippen LogP contribution is 2.36. The van der Waals surface area contributed by atoms with E-state index in [1.165, 1.54) is 11.8 Å². The molecule has 0 bridgehead atoms. The first-order valence-electron chi connectivity index (χ1n) is 11.6. The molecule has 2 unspecified atom stereocenters. The third-order valence-corrected chi connectivity index (χ3v) is 5.67. The van der Waals surface area contributed by atoms with Gasteiger partial charge in [0.1, 0.15) is 23.8 Å².